The van der Waals surface area contributed by atoms with Gasteiger partial charge in [0.25, 0.3) is 0 Å². The van der Waals surface area contributed by atoms with Crippen LogP contribution in [0.1, 0.15) is 6.42 Å². The number of rotatable bonds is 3. The minimum absolute atomic E-state index is 0.245. The van der Waals surface area contributed by atoms with Gasteiger partial charge in [0.05, 0.1) is 18.8 Å². The van der Waals surface area contributed by atoms with Gasteiger partial charge >= 0.3 is 0 Å². The Hall–Kier alpha value is -1.29. The van der Waals surface area contributed by atoms with E-state index in [1.54, 1.807) is 7.11 Å². The molecule has 0 bridgehead atoms. The number of nitrogens with one attached hydrogen (secondary N) is 1. The summed E-state index contributed by atoms with van der Waals surface area (Å²) in [5.41, 5.74) is 0.813. The Kier molecular flexibility index (Phi) is 3.62. The molecule has 1 aromatic rings. The average Bonchev–Trinajstić information content (AvgIpc) is 2.33. The molecular formula is C12H15FNO2. The first kappa shape index (κ1) is 11.2. The number of anilines is 1. The normalized spacial score (nSPS) is 25.1. The highest BCUT2D eigenvalue weighted by Crippen LogP contribution is 2.27. The molecule has 16 heavy (non-hydrogen) atoms. The molecule has 1 aromatic carbocycles. The Morgan fingerprint density at radius 2 is 2.25 bits per heavy atom. The Balaban J connectivity index is 2.07. The van der Waals surface area contributed by atoms with E-state index in [1.165, 1.54) is 6.61 Å². The summed E-state index contributed by atoms with van der Waals surface area (Å²) in [4.78, 5) is 0. The molecule has 1 heterocycles. The minimum Gasteiger partial charge on any atom is -0.495 e. The van der Waals surface area contributed by atoms with Crippen molar-refractivity contribution in [2.45, 2.75) is 18.6 Å². The highest BCUT2D eigenvalue weighted by molar-refractivity contribution is 5.56. The van der Waals surface area contributed by atoms with Crippen LogP contribution in [0.25, 0.3) is 0 Å². The molecule has 1 radical (unpaired) electrons. The van der Waals surface area contributed by atoms with E-state index >= 15 is 0 Å². The third kappa shape index (κ3) is 2.44. The van der Waals surface area contributed by atoms with Gasteiger partial charge < -0.3 is 14.8 Å². The largest absolute Gasteiger partial charge is 0.495 e. The van der Waals surface area contributed by atoms with E-state index in [2.05, 4.69) is 5.32 Å². The van der Waals surface area contributed by atoms with Crippen LogP contribution in [0, 0.1) is 6.61 Å². The lowest BCUT2D eigenvalue weighted by molar-refractivity contribution is 0.0846. The predicted molar refractivity (Wildman–Crippen MR) is 60.2 cm³/mol. The molecule has 4 heteroatoms. The summed E-state index contributed by atoms with van der Waals surface area (Å²) in [6.45, 7) is 1.80. The van der Waals surface area contributed by atoms with Crippen LogP contribution in [0.2, 0.25) is 0 Å². The topological polar surface area (TPSA) is 30.5 Å². The van der Waals surface area contributed by atoms with Gasteiger partial charge in [-0.15, -0.1) is 0 Å². The summed E-state index contributed by atoms with van der Waals surface area (Å²) >= 11 is 0. The van der Waals surface area contributed by atoms with Crippen molar-refractivity contribution < 1.29 is 13.9 Å². The van der Waals surface area contributed by atoms with Crippen molar-refractivity contribution >= 4 is 5.69 Å². The van der Waals surface area contributed by atoms with Crippen LogP contribution in [-0.4, -0.2) is 25.9 Å². The molecule has 0 aromatic heterocycles. The predicted octanol–water partition coefficient (Wildman–Crippen LogP) is 2.40. The Morgan fingerprint density at radius 3 is 3.00 bits per heavy atom. The number of hydrogen-bond donors (Lipinski definition) is 1. The lowest BCUT2D eigenvalue weighted by Gasteiger charge is -2.27. The number of hydrogen-bond acceptors (Lipinski definition) is 3. The smallest absolute Gasteiger partial charge is 0.149 e. The second kappa shape index (κ2) is 5.16. The molecular weight excluding hydrogens is 209 g/mol. The molecule has 1 fully saturated rings. The van der Waals surface area contributed by atoms with Crippen LogP contribution in [0.4, 0.5) is 10.1 Å². The van der Waals surface area contributed by atoms with Crippen LogP contribution in [0.5, 0.6) is 5.75 Å². The second-order valence-electron chi connectivity index (χ2n) is 3.69. The molecule has 1 N–H and O–H groups in total. The van der Waals surface area contributed by atoms with Crippen molar-refractivity contribution in [1.29, 1.82) is 0 Å². The van der Waals surface area contributed by atoms with Crippen LogP contribution in [0.15, 0.2) is 24.3 Å². The fourth-order valence-electron chi connectivity index (χ4n) is 1.72. The summed E-state index contributed by atoms with van der Waals surface area (Å²) in [6.07, 6.45) is -0.436. The first-order chi connectivity index (χ1) is 7.81. The van der Waals surface area contributed by atoms with Gasteiger partial charge in [-0.2, -0.15) is 0 Å². The number of benzene rings is 1. The summed E-state index contributed by atoms with van der Waals surface area (Å²) in [7, 11) is 1.60. The van der Waals surface area contributed by atoms with Gasteiger partial charge in [-0.1, -0.05) is 12.1 Å². The van der Waals surface area contributed by atoms with Gasteiger partial charge in [0.1, 0.15) is 18.5 Å². The highest BCUT2D eigenvalue weighted by atomic mass is 19.1. The third-order valence-electron chi connectivity index (χ3n) is 2.61. The maximum Gasteiger partial charge on any atom is 0.149 e. The van der Waals surface area contributed by atoms with E-state index in [-0.39, 0.29) is 6.04 Å². The van der Waals surface area contributed by atoms with Crippen molar-refractivity contribution in [3.63, 3.8) is 0 Å². The zero-order valence-corrected chi connectivity index (χ0v) is 9.15. The third-order valence-corrected chi connectivity index (χ3v) is 2.61. The van der Waals surface area contributed by atoms with Gasteiger partial charge in [0, 0.05) is 6.61 Å². The molecule has 2 atom stereocenters. The molecule has 3 nitrogen and oxygen atoms in total. The van der Waals surface area contributed by atoms with Gasteiger partial charge in [-0.3, -0.25) is 0 Å². The van der Waals surface area contributed by atoms with Gasteiger partial charge in [0.2, 0.25) is 0 Å². The second-order valence-corrected chi connectivity index (χ2v) is 3.69. The SMILES string of the molecule is COc1ccccc1NC1CCO[CH]C1F. The van der Waals surface area contributed by atoms with E-state index < -0.39 is 6.17 Å². The lowest BCUT2D eigenvalue weighted by Crippen LogP contribution is -2.36. The van der Waals surface area contributed by atoms with Gasteiger partial charge in [-0.05, 0) is 18.6 Å². The Labute approximate surface area is 94.6 Å². The van der Waals surface area contributed by atoms with Crippen LogP contribution in [0.3, 0.4) is 0 Å². The number of para-hydroxylation sites is 2. The summed E-state index contributed by atoms with van der Waals surface area (Å²) < 4.78 is 23.6. The molecule has 1 saturated heterocycles. The molecule has 0 aliphatic carbocycles. The molecule has 0 spiro atoms. The van der Waals surface area contributed by atoms with Crippen molar-refractivity contribution in [3.8, 4) is 5.75 Å². The zero-order valence-electron chi connectivity index (χ0n) is 9.15. The fraction of sp³-hybridized carbons (Fsp3) is 0.417. The van der Waals surface area contributed by atoms with E-state index in [0.717, 1.165) is 11.4 Å². The molecule has 1 aliphatic rings. The quantitative estimate of drug-likeness (QED) is 0.855. The van der Waals surface area contributed by atoms with E-state index in [4.69, 9.17) is 9.47 Å². The summed E-state index contributed by atoms with van der Waals surface area (Å²) in [5, 5.41) is 3.14. The molecule has 0 amide bonds. The van der Waals surface area contributed by atoms with Crippen molar-refractivity contribution in [3.05, 3.63) is 30.9 Å². The molecule has 0 saturated carbocycles. The number of halogens is 1. The first-order valence-corrected chi connectivity index (χ1v) is 5.30. The highest BCUT2D eigenvalue weighted by Gasteiger charge is 2.26. The minimum atomic E-state index is -1.08. The summed E-state index contributed by atoms with van der Waals surface area (Å²) in [6, 6.07) is 7.25. The number of methoxy groups -OCH3 is 1. The Bertz CT molecular complexity index is 346. The summed E-state index contributed by atoms with van der Waals surface area (Å²) in [5.74, 6) is 0.723. The Morgan fingerprint density at radius 1 is 1.44 bits per heavy atom. The maximum absolute atomic E-state index is 13.5. The lowest BCUT2D eigenvalue weighted by atomic mass is 10.1. The van der Waals surface area contributed by atoms with Crippen LogP contribution >= 0.6 is 0 Å². The van der Waals surface area contributed by atoms with Crippen molar-refractivity contribution in [2.75, 3.05) is 19.0 Å². The van der Waals surface area contributed by atoms with E-state index in [0.29, 0.717) is 13.0 Å². The van der Waals surface area contributed by atoms with Gasteiger partial charge in [0.15, 0.2) is 0 Å². The standard InChI is InChI=1S/C12H15FNO2/c1-15-12-5-3-2-4-11(12)14-10-6-7-16-8-9(10)13/h2-5,8-10,14H,6-7H2,1H3. The molecule has 1 aliphatic heterocycles. The zero-order chi connectivity index (χ0) is 11.4. The first-order valence-electron chi connectivity index (χ1n) is 5.30. The van der Waals surface area contributed by atoms with Gasteiger partial charge in [-0.25, -0.2) is 4.39 Å². The molecule has 87 valence electrons. The number of alkyl halides is 1. The van der Waals surface area contributed by atoms with Crippen LogP contribution < -0.4 is 10.1 Å². The average molecular weight is 224 g/mol. The van der Waals surface area contributed by atoms with Crippen LogP contribution in [-0.2, 0) is 4.74 Å². The van der Waals surface area contributed by atoms with Crippen molar-refractivity contribution in [1.82, 2.24) is 0 Å². The monoisotopic (exact) mass is 224 g/mol. The molecule has 2 unspecified atom stereocenters. The number of ether oxygens (including phenoxy) is 2. The molecule has 2 rings (SSSR count). The van der Waals surface area contributed by atoms with E-state index in [9.17, 15) is 4.39 Å². The van der Waals surface area contributed by atoms with E-state index in [1.807, 2.05) is 24.3 Å². The maximum atomic E-state index is 13.5. The van der Waals surface area contributed by atoms with Crippen molar-refractivity contribution in [2.24, 2.45) is 0 Å². The fourth-order valence-corrected chi connectivity index (χ4v) is 1.72.